The second kappa shape index (κ2) is 5.50. The number of carboxylic acid groups (broad SMARTS) is 1. The summed E-state index contributed by atoms with van der Waals surface area (Å²) in [5.74, 6) is -1.05. The van der Waals surface area contributed by atoms with Crippen LogP contribution in [0.3, 0.4) is 0 Å². The Kier molecular flexibility index (Phi) is 3.78. The molecule has 0 aromatic carbocycles. The minimum Gasteiger partial charge on any atom is -0.477 e. The van der Waals surface area contributed by atoms with Crippen LogP contribution in [0.15, 0.2) is 23.7 Å². The van der Waals surface area contributed by atoms with Crippen molar-refractivity contribution in [3.63, 3.8) is 0 Å². The van der Waals surface area contributed by atoms with Gasteiger partial charge in [-0.15, -0.1) is 11.3 Å². The topological polar surface area (TPSA) is 80.2 Å². The van der Waals surface area contributed by atoms with Crippen LogP contribution in [0.25, 0.3) is 10.6 Å². The molecule has 0 atom stereocenters. The molecular formula is C12H10N2O3S. The summed E-state index contributed by atoms with van der Waals surface area (Å²) < 4.78 is 0. The number of aromatic nitrogens is 2. The molecule has 0 aliphatic rings. The van der Waals surface area contributed by atoms with Gasteiger partial charge in [0.15, 0.2) is 0 Å². The Morgan fingerprint density at radius 2 is 2.28 bits per heavy atom. The van der Waals surface area contributed by atoms with Crippen LogP contribution in [-0.4, -0.2) is 27.3 Å². The number of thiazole rings is 1. The van der Waals surface area contributed by atoms with Gasteiger partial charge in [0.2, 0.25) is 0 Å². The lowest BCUT2D eigenvalue weighted by Gasteiger charge is -1.96. The first-order valence-electron chi connectivity index (χ1n) is 5.28. The van der Waals surface area contributed by atoms with Crippen molar-refractivity contribution >= 4 is 23.6 Å². The summed E-state index contributed by atoms with van der Waals surface area (Å²) in [6.45, 7) is 0. The van der Waals surface area contributed by atoms with E-state index < -0.39 is 5.97 Å². The molecule has 2 aromatic rings. The Morgan fingerprint density at radius 1 is 1.44 bits per heavy atom. The highest BCUT2D eigenvalue weighted by atomic mass is 32.1. The van der Waals surface area contributed by atoms with Crippen molar-refractivity contribution in [2.75, 3.05) is 0 Å². The van der Waals surface area contributed by atoms with Crippen LogP contribution in [0.4, 0.5) is 0 Å². The predicted octanol–water partition coefficient (Wildman–Crippen LogP) is 2.03. The second-order valence-corrected chi connectivity index (χ2v) is 4.44. The fraction of sp³-hybridized carbons (Fsp3) is 0.167. The fourth-order valence-corrected chi connectivity index (χ4v) is 2.25. The molecule has 2 rings (SSSR count). The van der Waals surface area contributed by atoms with Gasteiger partial charge in [0.05, 0.1) is 5.69 Å². The molecule has 0 fully saturated rings. The first kappa shape index (κ1) is 12.4. The first-order chi connectivity index (χ1) is 8.70. The molecule has 0 spiro atoms. The SMILES string of the molecule is O=CCCc1csc(-c2ccc(C(=O)O)nc2)n1. The summed E-state index contributed by atoms with van der Waals surface area (Å²) in [6, 6.07) is 3.13. The van der Waals surface area contributed by atoms with Gasteiger partial charge >= 0.3 is 5.97 Å². The van der Waals surface area contributed by atoms with E-state index in [1.165, 1.54) is 23.6 Å². The van der Waals surface area contributed by atoms with Crippen LogP contribution in [-0.2, 0) is 11.2 Å². The summed E-state index contributed by atoms with van der Waals surface area (Å²) in [7, 11) is 0. The van der Waals surface area contributed by atoms with E-state index in [4.69, 9.17) is 5.11 Å². The van der Waals surface area contributed by atoms with Gasteiger partial charge in [0.25, 0.3) is 0 Å². The van der Waals surface area contributed by atoms with E-state index in [0.717, 1.165) is 22.6 Å². The molecule has 18 heavy (non-hydrogen) atoms. The van der Waals surface area contributed by atoms with E-state index in [9.17, 15) is 9.59 Å². The fourth-order valence-electron chi connectivity index (χ4n) is 1.41. The highest BCUT2D eigenvalue weighted by Crippen LogP contribution is 2.23. The average Bonchev–Trinajstić information content (AvgIpc) is 2.85. The van der Waals surface area contributed by atoms with E-state index in [2.05, 4.69) is 9.97 Å². The Bertz CT molecular complexity index is 563. The Morgan fingerprint density at radius 3 is 2.89 bits per heavy atom. The van der Waals surface area contributed by atoms with Crippen molar-refractivity contribution in [3.8, 4) is 10.6 Å². The van der Waals surface area contributed by atoms with Gasteiger partial charge < -0.3 is 9.90 Å². The lowest BCUT2D eigenvalue weighted by atomic mass is 10.2. The number of carbonyl (C=O) groups is 2. The first-order valence-corrected chi connectivity index (χ1v) is 6.16. The Hall–Kier alpha value is -2.08. The lowest BCUT2D eigenvalue weighted by Crippen LogP contribution is -1.99. The third-order valence-corrected chi connectivity index (χ3v) is 3.24. The number of aldehydes is 1. The quantitative estimate of drug-likeness (QED) is 0.834. The minimum atomic E-state index is -1.05. The molecule has 2 aromatic heterocycles. The van der Waals surface area contributed by atoms with Gasteiger partial charge in [-0.25, -0.2) is 14.8 Å². The number of hydrogen-bond acceptors (Lipinski definition) is 5. The van der Waals surface area contributed by atoms with Crippen molar-refractivity contribution < 1.29 is 14.7 Å². The molecule has 0 aliphatic heterocycles. The van der Waals surface area contributed by atoms with Gasteiger partial charge in [0.1, 0.15) is 17.0 Å². The van der Waals surface area contributed by atoms with Crippen LogP contribution in [0.2, 0.25) is 0 Å². The zero-order chi connectivity index (χ0) is 13.0. The highest BCUT2D eigenvalue weighted by Gasteiger charge is 2.07. The predicted molar refractivity (Wildman–Crippen MR) is 66.7 cm³/mol. The third kappa shape index (κ3) is 2.78. The molecule has 0 aliphatic carbocycles. The summed E-state index contributed by atoms with van der Waals surface area (Å²) in [4.78, 5) is 29.1. The zero-order valence-electron chi connectivity index (χ0n) is 9.37. The lowest BCUT2D eigenvalue weighted by molar-refractivity contribution is -0.107. The van der Waals surface area contributed by atoms with E-state index in [0.29, 0.717) is 12.8 Å². The standard InChI is InChI=1S/C12H10N2O3S/c15-5-1-2-9-7-18-11(14-9)8-3-4-10(12(16)17)13-6-8/h3-7H,1-2H2,(H,16,17). The molecule has 0 saturated carbocycles. The third-order valence-electron chi connectivity index (χ3n) is 2.30. The van der Waals surface area contributed by atoms with Crippen LogP contribution >= 0.6 is 11.3 Å². The minimum absolute atomic E-state index is 0.0106. The largest absolute Gasteiger partial charge is 0.477 e. The number of pyridine rings is 1. The maximum atomic E-state index is 10.7. The highest BCUT2D eigenvalue weighted by molar-refractivity contribution is 7.13. The molecule has 0 saturated heterocycles. The van der Waals surface area contributed by atoms with Gasteiger partial charge in [-0.3, -0.25) is 0 Å². The van der Waals surface area contributed by atoms with Crippen LogP contribution in [0.1, 0.15) is 22.6 Å². The van der Waals surface area contributed by atoms with Gasteiger partial charge in [-0.2, -0.15) is 0 Å². The van der Waals surface area contributed by atoms with Crippen molar-refractivity contribution in [3.05, 3.63) is 35.1 Å². The molecular weight excluding hydrogens is 252 g/mol. The molecule has 0 unspecified atom stereocenters. The molecule has 92 valence electrons. The van der Waals surface area contributed by atoms with Crippen molar-refractivity contribution in [1.29, 1.82) is 0 Å². The molecule has 0 amide bonds. The maximum Gasteiger partial charge on any atom is 0.354 e. The Balaban J connectivity index is 2.18. The zero-order valence-corrected chi connectivity index (χ0v) is 10.2. The number of rotatable bonds is 5. The summed E-state index contributed by atoms with van der Waals surface area (Å²) >= 11 is 1.45. The summed E-state index contributed by atoms with van der Waals surface area (Å²) in [5.41, 5.74) is 1.66. The van der Waals surface area contributed by atoms with E-state index in [-0.39, 0.29) is 5.69 Å². The summed E-state index contributed by atoms with van der Waals surface area (Å²) in [6.07, 6.45) is 3.44. The number of aryl methyl sites for hydroxylation is 1. The second-order valence-electron chi connectivity index (χ2n) is 3.59. The van der Waals surface area contributed by atoms with E-state index in [1.807, 2.05) is 5.38 Å². The normalized spacial score (nSPS) is 10.2. The van der Waals surface area contributed by atoms with Crippen LogP contribution in [0, 0.1) is 0 Å². The molecule has 0 radical (unpaired) electrons. The van der Waals surface area contributed by atoms with Crippen molar-refractivity contribution in [1.82, 2.24) is 9.97 Å². The van der Waals surface area contributed by atoms with E-state index in [1.54, 1.807) is 6.07 Å². The number of aromatic carboxylic acids is 1. The number of carboxylic acids is 1. The van der Waals surface area contributed by atoms with Gasteiger partial charge in [-0.05, 0) is 18.6 Å². The molecule has 1 N–H and O–H groups in total. The number of nitrogens with zero attached hydrogens (tertiary/aromatic N) is 2. The summed E-state index contributed by atoms with van der Waals surface area (Å²) in [5, 5.41) is 11.4. The maximum absolute atomic E-state index is 10.7. The van der Waals surface area contributed by atoms with Crippen LogP contribution < -0.4 is 0 Å². The van der Waals surface area contributed by atoms with Crippen molar-refractivity contribution in [2.45, 2.75) is 12.8 Å². The molecule has 6 heteroatoms. The van der Waals surface area contributed by atoms with E-state index >= 15 is 0 Å². The van der Waals surface area contributed by atoms with Crippen molar-refractivity contribution in [2.24, 2.45) is 0 Å². The Labute approximate surface area is 107 Å². The van der Waals surface area contributed by atoms with Crippen LogP contribution in [0.5, 0.6) is 0 Å². The molecule has 0 bridgehead atoms. The number of hydrogen-bond donors (Lipinski definition) is 1. The van der Waals surface area contributed by atoms with Gasteiger partial charge in [0, 0.05) is 23.6 Å². The molecule has 2 heterocycles. The monoisotopic (exact) mass is 262 g/mol. The smallest absolute Gasteiger partial charge is 0.354 e. The number of carbonyl (C=O) groups excluding carboxylic acids is 1. The van der Waals surface area contributed by atoms with Gasteiger partial charge in [-0.1, -0.05) is 0 Å². The molecule has 5 nitrogen and oxygen atoms in total. The average molecular weight is 262 g/mol.